The molecule has 156 valence electrons. The second-order valence-corrected chi connectivity index (χ2v) is 9.44. The summed E-state index contributed by atoms with van der Waals surface area (Å²) in [7, 11) is -3.37. The number of halogens is 1. The lowest BCUT2D eigenvalue weighted by Gasteiger charge is -2.08. The zero-order chi connectivity index (χ0) is 22.2. The van der Waals surface area contributed by atoms with Crippen LogP contribution in [0.5, 0.6) is 5.75 Å². The highest BCUT2D eigenvalue weighted by Crippen LogP contribution is 2.42. The van der Waals surface area contributed by atoms with Gasteiger partial charge in [0.05, 0.1) is 10.5 Å². The number of carbonyl (C=O) groups excluding carboxylic acids is 1. The molecular formula is C24H17ClO5S. The van der Waals surface area contributed by atoms with Gasteiger partial charge in [-0.25, -0.2) is 13.2 Å². The van der Waals surface area contributed by atoms with Gasteiger partial charge in [-0.3, -0.25) is 0 Å². The van der Waals surface area contributed by atoms with Gasteiger partial charge in [0.1, 0.15) is 11.5 Å². The minimum atomic E-state index is -3.37. The maximum atomic E-state index is 12.9. The van der Waals surface area contributed by atoms with Crippen molar-refractivity contribution in [2.45, 2.75) is 4.90 Å². The van der Waals surface area contributed by atoms with Gasteiger partial charge in [-0.15, -0.1) is 0 Å². The minimum Gasteiger partial charge on any atom is -0.508 e. The molecule has 3 aromatic carbocycles. The van der Waals surface area contributed by atoms with Gasteiger partial charge in [0.15, 0.2) is 9.84 Å². The summed E-state index contributed by atoms with van der Waals surface area (Å²) in [6, 6.07) is 19.6. The van der Waals surface area contributed by atoms with E-state index < -0.39 is 15.8 Å². The van der Waals surface area contributed by atoms with Crippen molar-refractivity contribution in [3.63, 3.8) is 0 Å². The normalized spacial score (nSPS) is 15.4. The zero-order valence-corrected chi connectivity index (χ0v) is 17.9. The monoisotopic (exact) mass is 452 g/mol. The maximum Gasteiger partial charge on any atom is 0.344 e. The molecule has 3 aromatic rings. The molecule has 1 aliphatic rings. The lowest BCUT2D eigenvalue weighted by molar-refractivity contribution is -0.131. The zero-order valence-electron chi connectivity index (χ0n) is 16.4. The molecule has 0 aromatic heterocycles. The summed E-state index contributed by atoms with van der Waals surface area (Å²) in [5.41, 5.74) is 2.64. The van der Waals surface area contributed by atoms with E-state index in [1.54, 1.807) is 54.6 Å². The number of allylic oxidation sites excluding steroid dienone is 1. The van der Waals surface area contributed by atoms with E-state index in [-0.39, 0.29) is 10.6 Å². The van der Waals surface area contributed by atoms with Gasteiger partial charge in [0.2, 0.25) is 0 Å². The van der Waals surface area contributed by atoms with Crippen LogP contribution in [0.3, 0.4) is 0 Å². The average molecular weight is 453 g/mol. The van der Waals surface area contributed by atoms with Crippen LogP contribution in [0, 0.1) is 0 Å². The molecule has 0 aliphatic carbocycles. The lowest BCUT2D eigenvalue weighted by atomic mass is 9.94. The number of aromatic hydroxyl groups is 1. The topological polar surface area (TPSA) is 80.7 Å². The number of phenolic OH excluding ortho intramolecular Hbond substituents is 1. The lowest BCUT2D eigenvalue weighted by Crippen LogP contribution is -1.99. The number of esters is 1. The summed E-state index contributed by atoms with van der Waals surface area (Å²) >= 11 is 6.36. The largest absolute Gasteiger partial charge is 0.508 e. The molecule has 0 atom stereocenters. The molecule has 0 radical (unpaired) electrons. The maximum absolute atomic E-state index is 12.9. The Morgan fingerprint density at radius 3 is 2.16 bits per heavy atom. The number of ether oxygens (including phenoxy) is 1. The van der Waals surface area contributed by atoms with E-state index in [2.05, 4.69) is 0 Å². The molecule has 0 unspecified atom stereocenters. The molecule has 0 bridgehead atoms. The number of hydrogen-bond acceptors (Lipinski definition) is 5. The van der Waals surface area contributed by atoms with Gasteiger partial charge < -0.3 is 9.84 Å². The average Bonchev–Trinajstić information content (AvgIpc) is 3.05. The van der Waals surface area contributed by atoms with Gasteiger partial charge >= 0.3 is 5.97 Å². The van der Waals surface area contributed by atoms with Crippen LogP contribution >= 0.6 is 11.6 Å². The van der Waals surface area contributed by atoms with E-state index in [0.717, 1.165) is 6.26 Å². The van der Waals surface area contributed by atoms with Crippen LogP contribution < -0.4 is 0 Å². The molecular weight excluding hydrogens is 436 g/mol. The third-order valence-electron chi connectivity index (χ3n) is 4.81. The molecule has 31 heavy (non-hydrogen) atoms. The molecule has 1 N–H and O–H groups in total. The van der Waals surface area contributed by atoms with Crippen molar-refractivity contribution in [2.75, 3.05) is 6.26 Å². The van der Waals surface area contributed by atoms with Crippen LogP contribution in [0.2, 0.25) is 5.02 Å². The van der Waals surface area contributed by atoms with Crippen LogP contribution in [0.1, 0.15) is 16.7 Å². The van der Waals surface area contributed by atoms with Crippen molar-refractivity contribution in [1.82, 2.24) is 0 Å². The molecule has 1 heterocycles. The van der Waals surface area contributed by atoms with E-state index in [4.69, 9.17) is 16.3 Å². The molecule has 0 saturated carbocycles. The van der Waals surface area contributed by atoms with Crippen molar-refractivity contribution < 1.29 is 23.1 Å². The Morgan fingerprint density at radius 1 is 0.903 bits per heavy atom. The fourth-order valence-corrected chi connectivity index (χ4v) is 4.18. The van der Waals surface area contributed by atoms with Gasteiger partial charge in [0.25, 0.3) is 0 Å². The summed E-state index contributed by atoms with van der Waals surface area (Å²) in [4.78, 5) is 13.0. The summed E-state index contributed by atoms with van der Waals surface area (Å²) in [5.74, 6) is -0.132. The first-order valence-corrected chi connectivity index (χ1v) is 11.5. The number of carbonyl (C=O) groups is 1. The highest BCUT2D eigenvalue weighted by atomic mass is 35.5. The second-order valence-electron chi connectivity index (χ2n) is 7.02. The predicted octanol–water partition coefficient (Wildman–Crippen LogP) is 4.96. The Kier molecular flexibility index (Phi) is 5.43. The van der Waals surface area contributed by atoms with E-state index in [1.807, 2.05) is 0 Å². The molecule has 0 spiro atoms. The highest BCUT2D eigenvalue weighted by Gasteiger charge is 2.33. The van der Waals surface area contributed by atoms with Crippen LogP contribution in [0.4, 0.5) is 0 Å². The van der Waals surface area contributed by atoms with Gasteiger partial charge in [-0.05, 0) is 47.5 Å². The highest BCUT2D eigenvalue weighted by molar-refractivity contribution is 7.90. The molecule has 5 nitrogen and oxygen atoms in total. The summed E-state index contributed by atoms with van der Waals surface area (Å²) in [6.07, 6.45) is 2.82. The Bertz CT molecular complexity index is 1340. The Morgan fingerprint density at radius 2 is 1.55 bits per heavy atom. The predicted molar refractivity (Wildman–Crippen MR) is 120 cm³/mol. The van der Waals surface area contributed by atoms with Gasteiger partial charge in [-0.1, -0.05) is 54.1 Å². The molecule has 0 amide bonds. The van der Waals surface area contributed by atoms with E-state index in [9.17, 15) is 18.3 Å². The third kappa shape index (κ3) is 4.26. The fourth-order valence-electron chi connectivity index (χ4n) is 3.31. The standard InChI is InChI=1S/C24H17ClO5S/c1-31(28,29)18-12-8-16(9-13-18)22-21(14-15-6-10-17(26)11-7-15)30-24(27)23(22)19-4-2-3-5-20(19)25/h2-14,26H,1H3/b21-14-. The third-order valence-corrected chi connectivity index (χ3v) is 6.27. The van der Waals surface area contributed by atoms with Crippen LogP contribution in [-0.4, -0.2) is 25.7 Å². The SMILES string of the molecule is CS(=O)(=O)c1ccc(C2=C(c3ccccc3Cl)C(=O)O/C2=C\c2ccc(O)cc2)cc1. The van der Waals surface area contributed by atoms with Gasteiger partial charge in [-0.2, -0.15) is 0 Å². The van der Waals surface area contributed by atoms with Crippen LogP contribution in [0.15, 0.2) is 83.5 Å². The van der Waals surface area contributed by atoms with Crippen LogP contribution in [-0.2, 0) is 19.4 Å². The van der Waals surface area contributed by atoms with Gasteiger partial charge in [0, 0.05) is 22.4 Å². The molecule has 0 saturated heterocycles. The Labute approximate surface area is 184 Å². The van der Waals surface area contributed by atoms with E-state index in [0.29, 0.717) is 38.6 Å². The van der Waals surface area contributed by atoms with Crippen LogP contribution in [0.25, 0.3) is 17.2 Å². The molecule has 0 fully saturated rings. The van der Waals surface area contributed by atoms with Crippen molar-refractivity contribution >= 4 is 44.6 Å². The molecule has 7 heteroatoms. The van der Waals surface area contributed by atoms with Crippen molar-refractivity contribution in [1.29, 1.82) is 0 Å². The molecule has 4 rings (SSSR count). The minimum absolute atomic E-state index is 0.120. The number of benzene rings is 3. The number of cyclic esters (lactones) is 1. The number of phenols is 1. The first-order chi connectivity index (χ1) is 14.7. The first kappa shape index (κ1) is 20.9. The van der Waals surface area contributed by atoms with E-state index >= 15 is 0 Å². The first-order valence-electron chi connectivity index (χ1n) is 9.27. The fraction of sp³-hybridized carbons (Fsp3) is 0.0417. The number of rotatable bonds is 4. The molecule has 1 aliphatic heterocycles. The summed E-state index contributed by atoms with van der Waals surface area (Å²) in [6.45, 7) is 0. The second kappa shape index (κ2) is 8.06. The Hall–Kier alpha value is -3.35. The van der Waals surface area contributed by atoms with E-state index in [1.165, 1.54) is 24.3 Å². The van der Waals surface area contributed by atoms with Crippen molar-refractivity contribution in [3.05, 3.63) is 100 Å². The Balaban J connectivity index is 1.94. The summed E-state index contributed by atoms with van der Waals surface area (Å²) in [5, 5.41) is 9.92. The number of hydrogen-bond donors (Lipinski definition) is 1. The number of sulfone groups is 1. The summed E-state index contributed by atoms with van der Waals surface area (Å²) < 4.78 is 29.3. The smallest absolute Gasteiger partial charge is 0.344 e. The quantitative estimate of drug-likeness (QED) is 0.566. The van der Waals surface area contributed by atoms with Crippen molar-refractivity contribution in [2.24, 2.45) is 0 Å². The van der Waals surface area contributed by atoms with Crippen molar-refractivity contribution in [3.8, 4) is 5.75 Å².